The summed E-state index contributed by atoms with van der Waals surface area (Å²) in [5.74, 6) is 0.0410. The molecule has 0 aromatic heterocycles. The van der Waals surface area contributed by atoms with Crippen molar-refractivity contribution < 1.29 is 4.79 Å². The van der Waals surface area contributed by atoms with Crippen LogP contribution in [-0.4, -0.2) is 12.8 Å². The van der Waals surface area contributed by atoms with Gasteiger partial charge in [-0.1, -0.05) is 30.3 Å². The molecule has 0 heterocycles. The second-order valence-electron chi connectivity index (χ2n) is 5.32. The van der Waals surface area contributed by atoms with Crippen LogP contribution in [0.15, 0.2) is 83.8 Å². The molecule has 0 radical (unpaired) electrons. The van der Waals surface area contributed by atoms with Crippen LogP contribution in [0.2, 0.25) is 0 Å². The molecule has 0 amide bonds. The highest BCUT2D eigenvalue weighted by atomic mass is 32.1. The van der Waals surface area contributed by atoms with Gasteiger partial charge in [0, 0.05) is 34.4 Å². The van der Waals surface area contributed by atoms with Gasteiger partial charge in [-0.3, -0.25) is 4.79 Å². The summed E-state index contributed by atoms with van der Waals surface area (Å²) < 4.78 is 0. The number of ketones is 1. The molecule has 3 aromatic rings. The lowest BCUT2D eigenvalue weighted by Crippen LogP contribution is -2.09. The topological polar surface area (TPSA) is 20.3 Å². The second-order valence-corrected chi connectivity index (χ2v) is 5.83. The van der Waals surface area contributed by atoms with Gasteiger partial charge in [0.05, 0.1) is 0 Å². The summed E-state index contributed by atoms with van der Waals surface area (Å²) in [6.07, 6.45) is 0. The first-order chi connectivity index (χ1) is 11.1. The molecule has 0 N–H and O–H groups in total. The standard InChI is InChI=1S/C20H17NOS/c1-21(18-11-13-19(23)14-12-18)17-9-7-16(8-10-17)20(22)15-5-3-2-4-6-15/h2-14,23H,1H3. The summed E-state index contributed by atoms with van der Waals surface area (Å²) in [4.78, 5) is 15.4. The number of thiol groups is 1. The van der Waals surface area contributed by atoms with E-state index in [2.05, 4.69) is 17.5 Å². The van der Waals surface area contributed by atoms with Crippen molar-refractivity contribution in [3.8, 4) is 0 Å². The molecule has 0 atom stereocenters. The molecule has 0 saturated heterocycles. The molecular weight excluding hydrogens is 302 g/mol. The van der Waals surface area contributed by atoms with Crippen molar-refractivity contribution in [1.82, 2.24) is 0 Å². The molecule has 114 valence electrons. The van der Waals surface area contributed by atoms with Crippen molar-refractivity contribution in [2.75, 3.05) is 11.9 Å². The Morgan fingerprint density at radius 2 is 1.22 bits per heavy atom. The van der Waals surface area contributed by atoms with Crippen LogP contribution < -0.4 is 4.90 Å². The lowest BCUT2D eigenvalue weighted by molar-refractivity contribution is 0.103. The minimum Gasteiger partial charge on any atom is -0.345 e. The number of nitrogens with zero attached hydrogens (tertiary/aromatic N) is 1. The fourth-order valence-electron chi connectivity index (χ4n) is 2.42. The zero-order valence-corrected chi connectivity index (χ0v) is 13.7. The maximum absolute atomic E-state index is 12.4. The Labute approximate surface area is 141 Å². The molecule has 0 aliphatic heterocycles. The molecule has 0 bridgehead atoms. The van der Waals surface area contributed by atoms with Crippen molar-refractivity contribution in [3.05, 3.63) is 90.0 Å². The van der Waals surface area contributed by atoms with Crippen LogP contribution in [0.25, 0.3) is 0 Å². The van der Waals surface area contributed by atoms with E-state index in [4.69, 9.17) is 0 Å². The van der Waals surface area contributed by atoms with E-state index in [1.54, 1.807) is 0 Å². The molecule has 0 aliphatic carbocycles. The van der Waals surface area contributed by atoms with Gasteiger partial charge in [0.2, 0.25) is 0 Å². The largest absolute Gasteiger partial charge is 0.345 e. The first-order valence-corrected chi connectivity index (χ1v) is 7.82. The van der Waals surface area contributed by atoms with E-state index < -0.39 is 0 Å². The minimum atomic E-state index is 0.0410. The van der Waals surface area contributed by atoms with E-state index in [9.17, 15) is 4.79 Å². The fourth-order valence-corrected chi connectivity index (χ4v) is 2.57. The van der Waals surface area contributed by atoms with Crippen LogP contribution in [0, 0.1) is 0 Å². The van der Waals surface area contributed by atoms with Gasteiger partial charge >= 0.3 is 0 Å². The van der Waals surface area contributed by atoms with Gasteiger partial charge in [0.15, 0.2) is 5.78 Å². The van der Waals surface area contributed by atoms with Gasteiger partial charge in [-0.25, -0.2) is 0 Å². The first kappa shape index (κ1) is 15.4. The molecule has 2 nitrogen and oxygen atoms in total. The minimum absolute atomic E-state index is 0.0410. The van der Waals surface area contributed by atoms with E-state index in [1.165, 1.54) is 0 Å². The first-order valence-electron chi connectivity index (χ1n) is 7.38. The van der Waals surface area contributed by atoms with Crippen LogP contribution in [0.5, 0.6) is 0 Å². The van der Waals surface area contributed by atoms with Crippen molar-refractivity contribution in [2.24, 2.45) is 0 Å². The maximum atomic E-state index is 12.4. The summed E-state index contributed by atoms with van der Waals surface area (Å²) in [7, 11) is 2.00. The van der Waals surface area contributed by atoms with Gasteiger partial charge in [-0.2, -0.15) is 0 Å². The third-order valence-electron chi connectivity index (χ3n) is 3.79. The van der Waals surface area contributed by atoms with Crippen molar-refractivity contribution in [2.45, 2.75) is 4.90 Å². The third-order valence-corrected chi connectivity index (χ3v) is 4.09. The van der Waals surface area contributed by atoms with Gasteiger partial charge in [0.1, 0.15) is 0 Å². The number of carbonyl (C=O) groups is 1. The molecule has 0 spiro atoms. The average Bonchev–Trinajstić information content (AvgIpc) is 2.62. The zero-order valence-electron chi connectivity index (χ0n) is 12.8. The highest BCUT2D eigenvalue weighted by Gasteiger charge is 2.09. The van der Waals surface area contributed by atoms with E-state index in [0.717, 1.165) is 16.3 Å². The van der Waals surface area contributed by atoms with Gasteiger partial charge in [-0.15, -0.1) is 12.6 Å². The van der Waals surface area contributed by atoms with Gasteiger partial charge in [0.25, 0.3) is 0 Å². The Morgan fingerprint density at radius 1 is 0.739 bits per heavy atom. The lowest BCUT2D eigenvalue weighted by atomic mass is 10.0. The highest BCUT2D eigenvalue weighted by Crippen LogP contribution is 2.25. The quantitative estimate of drug-likeness (QED) is 0.541. The maximum Gasteiger partial charge on any atom is 0.193 e. The molecule has 0 unspecified atom stereocenters. The number of rotatable bonds is 4. The average molecular weight is 319 g/mol. The number of carbonyl (C=O) groups excluding carboxylic acids is 1. The number of benzene rings is 3. The molecule has 0 aliphatic rings. The zero-order chi connectivity index (χ0) is 16.2. The summed E-state index contributed by atoms with van der Waals surface area (Å²) in [5.41, 5.74) is 3.50. The molecule has 3 aromatic carbocycles. The van der Waals surface area contributed by atoms with E-state index in [0.29, 0.717) is 11.1 Å². The Kier molecular flexibility index (Phi) is 4.49. The third kappa shape index (κ3) is 3.46. The fraction of sp³-hybridized carbons (Fsp3) is 0.0500. The van der Waals surface area contributed by atoms with Crippen LogP contribution in [0.4, 0.5) is 11.4 Å². The Balaban J connectivity index is 1.82. The highest BCUT2D eigenvalue weighted by molar-refractivity contribution is 7.80. The Morgan fingerprint density at radius 3 is 1.78 bits per heavy atom. The van der Waals surface area contributed by atoms with Crippen LogP contribution in [0.1, 0.15) is 15.9 Å². The summed E-state index contributed by atoms with van der Waals surface area (Å²) in [5, 5.41) is 0. The lowest BCUT2D eigenvalue weighted by Gasteiger charge is -2.19. The van der Waals surface area contributed by atoms with Crippen LogP contribution in [0.3, 0.4) is 0 Å². The van der Waals surface area contributed by atoms with Gasteiger partial charge in [-0.05, 0) is 48.5 Å². The number of hydrogen-bond acceptors (Lipinski definition) is 3. The van der Waals surface area contributed by atoms with Crippen molar-refractivity contribution >= 4 is 29.8 Å². The summed E-state index contributed by atoms with van der Waals surface area (Å²) >= 11 is 4.30. The van der Waals surface area contributed by atoms with E-state index in [-0.39, 0.29) is 5.78 Å². The predicted octanol–water partition coefficient (Wildman–Crippen LogP) is 4.97. The molecule has 0 fully saturated rings. The van der Waals surface area contributed by atoms with E-state index >= 15 is 0 Å². The normalized spacial score (nSPS) is 10.3. The predicted molar refractivity (Wildman–Crippen MR) is 98.1 cm³/mol. The second kappa shape index (κ2) is 6.71. The van der Waals surface area contributed by atoms with E-state index in [1.807, 2.05) is 85.9 Å². The number of hydrogen-bond donors (Lipinski definition) is 1. The molecule has 3 heteroatoms. The molecule has 23 heavy (non-hydrogen) atoms. The number of anilines is 2. The monoisotopic (exact) mass is 319 g/mol. The van der Waals surface area contributed by atoms with Gasteiger partial charge < -0.3 is 4.90 Å². The van der Waals surface area contributed by atoms with Crippen LogP contribution in [-0.2, 0) is 0 Å². The summed E-state index contributed by atoms with van der Waals surface area (Å²) in [6, 6.07) is 25.0. The van der Waals surface area contributed by atoms with Crippen molar-refractivity contribution in [3.63, 3.8) is 0 Å². The van der Waals surface area contributed by atoms with Crippen LogP contribution >= 0.6 is 12.6 Å². The van der Waals surface area contributed by atoms with Crippen molar-refractivity contribution in [1.29, 1.82) is 0 Å². The Hall–Kier alpha value is -2.52. The summed E-state index contributed by atoms with van der Waals surface area (Å²) in [6.45, 7) is 0. The molecular formula is C20H17NOS. The smallest absolute Gasteiger partial charge is 0.193 e. The molecule has 0 saturated carbocycles. The SMILES string of the molecule is CN(c1ccc(S)cc1)c1ccc(C(=O)c2ccccc2)cc1. The Bertz CT molecular complexity index is 795. The molecule has 3 rings (SSSR count).